The van der Waals surface area contributed by atoms with Crippen molar-refractivity contribution in [3.05, 3.63) is 104 Å². The number of nitrogens with zero attached hydrogens (tertiary/aromatic N) is 1. The fourth-order valence-corrected chi connectivity index (χ4v) is 6.11. The Morgan fingerprint density at radius 1 is 1.13 bits per heavy atom. The van der Waals surface area contributed by atoms with E-state index >= 15 is 4.39 Å². The molecule has 5 rings (SSSR count). The first-order valence-electron chi connectivity index (χ1n) is 12.7. The van der Waals surface area contributed by atoms with Crippen LogP contribution in [0.1, 0.15) is 71.3 Å². The van der Waals surface area contributed by atoms with Crippen LogP contribution in [-0.4, -0.2) is 34.1 Å². The number of carbonyl (C=O) groups is 2. The van der Waals surface area contributed by atoms with E-state index in [-0.39, 0.29) is 17.0 Å². The van der Waals surface area contributed by atoms with E-state index in [2.05, 4.69) is 0 Å². The minimum atomic E-state index is -1.82. The van der Waals surface area contributed by atoms with Crippen molar-refractivity contribution in [1.82, 2.24) is 4.90 Å². The summed E-state index contributed by atoms with van der Waals surface area (Å²) in [5.41, 5.74) is -2.03. The third kappa shape index (κ3) is 4.51. The smallest absolute Gasteiger partial charge is 0.305 e. The normalized spacial score (nSPS) is 21.3. The van der Waals surface area contributed by atoms with Crippen LogP contribution in [-0.2, 0) is 20.9 Å². The van der Waals surface area contributed by atoms with Gasteiger partial charge < -0.3 is 14.9 Å². The van der Waals surface area contributed by atoms with Crippen LogP contribution in [0.4, 0.5) is 4.39 Å². The highest BCUT2D eigenvalue weighted by Gasteiger charge is 2.57. The second-order valence-electron chi connectivity index (χ2n) is 10.4. The predicted molar refractivity (Wildman–Crippen MR) is 145 cm³/mol. The average molecular weight is 572 g/mol. The number of aliphatic hydroxyl groups is 1. The van der Waals surface area contributed by atoms with Gasteiger partial charge in [-0.1, -0.05) is 53.9 Å². The second-order valence-corrected chi connectivity index (χ2v) is 11.2. The van der Waals surface area contributed by atoms with Crippen LogP contribution in [0.25, 0.3) is 0 Å². The van der Waals surface area contributed by atoms with Crippen LogP contribution < -0.4 is 0 Å². The number of carboxylic acid groups (broad SMARTS) is 1. The molecular weight excluding hydrogens is 544 g/mol. The Kier molecular flexibility index (Phi) is 7.22. The van der Waals surface area contributed by atoms with E-state index in [4.69, 9.17) is 27.9 Å². The molecule has 9 heteroatoms. The van der Waals surface area contributed by atoms with Crippen LogP contribution >= 0.6 is 23.2 Å². The van der Waals surface area contributed by atoms with Gasteiger partial charge in [0.25, 0.3) is 5.91 Å². The maximum atomic E-state index is 16.3. The van der Waals surface area contributed by atoms with Gasteiger partial charge in [-0.15, -0.1) is 0 Å². The van der Waals surface area contributed by atoms with Gasteiger partial charge >= 0.3 is 5.97 Å². The number of hydrogen-bond acceptors (Lipinski definition) is 4. The largest absolute Gasteiger partial charge is 0.481 e. The predicted octanol–water partition coefficient (Wildman–Crippen LogP) is 6.66. The van der Waals surface area contributed by atoms with Gasteiger partial charge in [-0.25, -0.2) is 4.39 Å². The summed E-state index contributed by atoms with van der Waals surface area (Å²) in [4.78, 5) is 27.7. The first-order valence-corrected chi connectivity index (χ1v) is 13.4. The zero-order valence-corrected chi connectivity index (χ0v) is 23.0. The summed E-state index contributed by atoms with van der Waals surface area (Å²) in [6, 6.07) is 14.6. The van der Waals surface area contributed by atoms with E-state index in [1.54, 1.807) is 55.5 Å². The van der Waals surface area contributed by atoms with Crippen LogP contribution in [0.3, 0.4) is 0 Å². The zero-order valence-electron chi connectivity index (χ0n) is 21.5. The van der Waals surface area contributed by atoms with Gasteiger partial charge in [-0.05, 0) is 73.2 Å². The minimum absolute atomic E-state index is 0.00532. The number of hydrogen-bond donors (Lipinski definition) is 2. The van der Waals surface area contributed by atoms with Gasteiger partial charge in [0.15, 0.2) is 5.72 Å². The number of methoxy groups -OCH3 is 1. The van der Waals surface area contributed by atoms with Crippen LogP contribution in [0.5, 0.6) is 0 Å². The van der Waals surface area contributed by atoms with E-state index in [0.717, 1.165) is 19.3 Å². The van der Waals surface area contributed by atoms with E-state index in [1.807, 2.05) is 0 Å². The molecule has 6 nitrogen and oxygen atoms in total. The summed E-state index contributed by atoms with van der Waals surface area (Å²) in [6.45, 7) is 1.64. The maximum absolute atomic E-state index is 16.3. The Bertz CT molecular complexity index is 1420. The molecule has 1 amide bonds. The Balaban J connectivity index is 1.78. The molecule has 0 aromatic heterocycles. The second kappa shape index (κ2) is 10.2. The summed E-state index contributed by atoms with van der Waals surface area (Å²) in [7, 11) is 1.35. The number of rotatable bonds is 8. The molecule has 1 saturated carbocycles. The SMILES string of the molecule is CO[C@]1(c2ccc(Cl)cc2)c2c(F)cc(C(C)(O)C3CCC3)cc2C(=O)N1[C@@H](CC(=O)O)c1ccc(Cl)cc1. The van der Waals surface area contributed by atoms with Crippen molar-refractivity contribution in [3.63, 3.8) is 0 Å². The molecule has 2 N–H and O–H groups in total. The summed E-state index contributed by atoms with van der Waals surface area (Å²) >= 11 is 12.2. The molecule has 0 bridgehead atoms. The average Bonchev–Trinajstić information content (AvgIpc) is 3.11. The molecule has 3 aromatic rings. The lowest BCUT2D eigenvalue weighted by Gasteiger charge is -2.43. The van der Waals surface area contributed by atoms with Gasteiger partial charge in [0.2, 0.25) is 0 Å². The van der Waals surface area contributed by atoms with E-state index < -0.39 is 41.5 Å². The molecule has 3 aromatic carbocycles. The Labute approximate surface area is 235 Å². The number of amides is 1. The van der Waals surface area contributed by atoms with Gasteiger partial charge in [0.05, 0.1) is 29.2 Å². The highest BCUT2D eigenvalue weighted by atomic mass is 35.5. The number of ether oxygens (including phenoxy) is 1. The minimum Gasteiger partial charge on any atom is -0.481 e. The molecular formula is C30H28Cl2FNO5. The molecule has 2 aliphatic rings. The lowest BCUT2D eigenvalue weighted by atomic mass is 9.70. The summed E-state index contributed by atoms with van der Waals surface area (Å²) in [5, 5.41) is 22.1. The summed E-state index contributed by atoms with van der Waals surface area (Å²) < 4.78 is 22.4. The molecule has 0 spiro atoms. The summed E-state index contributed by atoms with van der Waals surface area (Å²) in [6.07, 6.45) is 2.10. The van der Waals surface area contributed by atoms with Crippen LogP contribution in [0.2, 0.25) is 10.0 Å². The fraction of sp³-hybridized carbons (Fsp3) is 0.333. The van der Waals surface area contributed by atoms with Gasteiger partial charge in [0, 0.05) is 22.7 Å². The number of carbonyl (C=O) groups excluding carboxylic acids is 1. The van der Waals surface area contributed by atoms with E-state index in [1.165, 1.54) is 24.1 Å². The standard InChI is InChI=1S/C30H28Cl2FNO5/c1-29(38,18-4-3-5-18)20-14-23-27(24(33)15-20)30(39-2,19-8-12-22(32)13-9-19)34(28(23)37)25(16-26(35)36)17-6-10-21(31)11-7-17/h6-15,18,25,38H,3-5,16H2,1-2H3,(H,35,36)/t25-,29?,30+/m0/s1. The van der Waals surface area contributed by atoms with Gasteiger partial charge in [0.1, 0.15) is 5.82 Å². The highest BCUT2D eigenvalue weighted by Crippen LogP contribution is 2.52. The van der Waals surface area contributed by atoms with Crippen molar-refractivity contribution in [2.45, 2.75) is 50.0 Å². The Morgan fingerprint density at radius 2 is 1.72 bits per heavy atom. The van der Waals surface area contributed by atoms with Crippen molar-refractivity contribution in [2.75, 3.05) is 7.11 Å². The van der Waals surface area contributed by atoms with Crippen molar-refractivity contribution in [2.24, 2.45) is 5.92 Å². The van der Waals surface area contributed by atoms with E-state index in [0.29, 0.717) is 26.7 Å². The molecule has 1 aliphatic carbocycles. The van der Waals surface area contributed by atoms with Gasteiger partial charge in [-0.2, -0.15) is 0 Å². The van der Waals surface area contributed by atoms with Gasteiger partial charge in [-0.3, -0.25) is 14.5 Å². The topological polar surface area (TPSA) is 87.1 Å². The molecule has 0 radical (unpaired) electrons. The number of carboxylic acids is 1. The monoisotopic (exact) mass is 571 g/mol. The van der Waals surface area contributed by atoms with E-state index in [9.17, 15) is 19.8 Å². The molecule has 3 atom stereocenters. The van der Waals surface area contributed by atoms with Crippen LogP contribution in [0.15, 0.2) is 60.7 Å². The molecule has 1 fully saturated rings. The molecule has 1 unspecified atom stereocenters. The quantitative estimate of drug-likeness (QED) is 0.315. The third-order valence-corrected chi connectivity index (χ3v) is 8.67. The summed E-state index contributed by atoms with van der Waals surface area (Å²) in [5.74, 6) is -2.57. The van der Waals surface area contributed by atoms with Crippen molar-refractivity contribution >= 4 is 35.1 Å². The van der Waals surface area contributed by atoms with Crippen LogP contribution in [0, 0.1) is 11.7 Å². The Morgan fingerprint density at radius 3 is 2.23 bits per heavy atom. The number of fused-ring (bicyclic) bond motifs is 1. The van der Waals surface area contributed by atoms with Crippen molar-refractivity contribution in [3.8, 4) is 0 Å². The molecule has 1 aliphatic heterocycles. The first kappa shape index (κ1) is 27.6. The molecule has 39 heavy (non-hydrogen) atoms. The number of halogens is 3. The molecule has 1 heterocycles. The number of aliphatic carboxylic acids is 1. The first-order chi connectivity index (χ1) is 18.5. The lowest BCUT2D eigenvalue weighted by molar-refractivity contribution is -0.142. The lowest BCUT2D eigenvalue weighted by Crippen LogP contribution is -2.49. The maximum Gasteiger partial charge on any atom is 0.305 e. The highest BCUT2D eigenvalue weighted by molar-refractivity contribution is 6.30. The molecule has 0 saturated heterocycles. The zero-order chi connectivity index (χ0) is 28.1. The Hall–Kier alpha value is -2.97. The van der Waals surface area contributed by atoms with Crippen molar-refractivity contribution in [1.29, 1.82) is 0 Å². The fourth-order valence-electron chi connectivity index (χ4n) is 5.86. The van der Waals surface area contributed by atoms with Crippen molar-refractivity contribution < 1.29 is 28.9 Å². The number of benzene rings is 3. The molecule has 204 valence electrons. The third-order valence-electron chi connectivity index (χ3n) is 8.17.